The van der Waals surface area contributed by atoms with Crippen LogP contribution >= 0.6 is 0 Å². The molecular weight excluding hydrogens is 264 g/mol. The van der Waals surface area contributed by atoms with Crippen LogP contribution < -0.4 is 5.32 Å². The standard InChI is InChI=1S/C15H16N6/c1-11-15(18-8-7-17-11)12(2)20-13-3-5-14(6-4-13)21-10-16-9-19-21/h3-10,12,20H,1-2H3. The average molecular weight is 280 g/mol. The minimum absolute atomic E-state index is 0.0934. The van der Waals surface area contributed by atoms with E-state index in [1.165, 1.54) is 6.33 Å². The lowest BCUT2D eigenvalue weighted by Gasteiger charge is -2.16. The third kappa shape index (κ3) is 2.89. The molecule has 0 saturated heterocycles. The molecular formula is C15H16N6. The zero-order valence-corrected chi connectivity index (χ0v) is 11.9. The molecule has 0 spiro atoms. The molecule has 2 heterocycles. The highest BCUT2D eigenvalue weighted by Gasteiger charge is 2.10. The highest BCUT2D eigenvalue weighted by molar-refractivity contribution is 5.49. The first kappa shape index (κ1) is 13.2. The van der Waals surface area contributed by atoms with Crippen molar-refractivity contribution in [2.75, 3.05) is 5.32 Å². The Bertz CT molecular complexity index is 705. The van der Waals surface area contributed by atoms with E-state index in [1.807, 2.05) is 31.2 Å². The summed E-state index contributed by atoms with van der Waals surface area (Å²) in [5.74, 6) is 0. The molecule has 6 nitrogen and oxygen atoms in total. The largest absolute Gasteiger partial charge is 0.377 e. The van der Waals surface area contributed by atoms with Crippen LogP contribution in [0, 0.1) is 6.92 Å². The fraction of sp³-hybridized carbons (Fsp3) is 0.200. The topological polar surface area (TPSA) is 68.5 Å². The van der Waals surface area contributed by atoms with Crippen LogP contribution in [0.1, 0.15) is 24.4 Å². The van der Waals surface area contributed by atoms with Crippen molar-refractivity contribution >= 4 is 5.69 Å². The number of aromatic nitrogens is 5. The fourth-order valence-electron chi connectivity index (χ4n) is 2.21. The summed E-state index contributed by atoms with van der Waals surface area (Å²) in [6.45, 7) is 4.04. The number of hydrogen-bond acceptors (Lipinski definition) is 5. The lowest BCUT2D eigenvalue weighted by molar-refractivity contribution is 0.809. The molecule has 0 radical (unpaired) electrons. The van der Waals surface area contributed by atoms with Crippen LogP contribution in [0.25, 0.3) is 5.69 Å². The monoisotopic (exact) mass is 280 g/mol. The molecule has 21 heavy (non-hydrogen) atoms. The van der Waals surface area contributed by atoms with Crippen LogP contribution in [0.2, 0.25) is 0 Å². The lowest BCUT2D eigenvalue weighted by Crippen LogP contribution is -2.11. The van der Waals surface area contributed by atoms with Gasteiger partial charge in [-0.15, -0.1) is 0 Å². The number of benzene rings is 1. The van der Waals surface area contributed by atoms with Crippen LogP contribution in [0.3, 0.4) is 0 Å². The van der Waals surface area contributed by atoms with E-state index in [2.05, 4.69) is 32.3 Å². The summed E-state index contributed by atoms with van der Waals surface area (Å²) < 4.78 is 1.72. The second-order valence-electron chi connectivity index (χ2n) is 4.78. The van der Waals surface area contributed by atoms with Gasteiger partial charge in [-0.25, -0.2) is 9.67 Å². The fourth-order valence-corrected chi connectivity index (χ4v) is 2.21. The number of anilines is 1. The lowest BCUT2D eigenvalue weighted by atomic mass is 10.1. The van der Waals surface area contributed by atoms with Gasteiger partial charge in [-0.2, -0.15) is 5.10 Å². The SMILES string of the molecule is Cc1nccnc1C(C)Nc1ccc(-n2cncn2)cc1. The second-order valence-corrected chi connectivity index (χ2v) is 4.78. The predicted molar refractivity (Wildman–Crippen MR) is 80.2 cm³/mol. The Hall–Kier alpha value is -2.76. The molecule has 0 aliphatic carbocycles. The van der Waals surface area contributed by atoms with Gasteiger partial charge in [0.05, 0.1) is 23.1 Å². The smallest absolute Gasteiger partial charge is 0.138 e. The Kier molecular flexibility index (Phi) is 3.59. The van der Waals surface area contributed by atoms with Gasteiger partial charge in [-0.3, -0.25) is 9.97 Å². The molecule has 2 aromatic heterocycles. The van der Waals surface area contributed by atoms with Crippen molar-refractivity contribution in [3.8, 4) is 5.69 Å². The zero-order valence-electron chi connectivity index (χ0n) is 11.9. The van der Waals surface area contributed by atoms with Gasteiger partial charge in [0.25, 0.3) is 0 Å². The molecule has 1 aromatic carbocycles. The molecule has 1 atom stereocenters. The van der Waals surface area contributed by atoms with E-state index in [0.717, 1.165) is 22.8 Å². The van der Waals surface area contributed by atoms with Gasteiger partial charge in [-0.1, -0.05) is 0 Å². The van der Waals surface area contributed by atoms with Crippen LogP contribution in [0.5, 0.6) is 0 Å². The maximum Gasteiger partial charge on any atom is 0.138 e. The summed E-state index contributed by atoms with van der Waals surface area (Å²) in [6.07, 6.45) is 6.62. The van der Waals surface area contributed by atoms with E-state index in [0.29, 0.717) is 0 Å². The Labute approximate surface area is 122 Å². The minimum Gasteiger partial charge on any atom is -0.377 e. The highest BCUT2D eigenvalue weighted by Crippen LogP contribution is 2.20. The molecule has 1 N–H and O–H groups in total. The number of rotatable bonds is 4. The summed E-state index contributed by atoms with van der Waals surface area (Å²) in [5.41, 5.74) is 3.90. The predicted octanol–water partition coefficient (Wildman–Crippen LogP) is 2.54. The average Bonchev–Trinajstić information content (AvgIpc) is 3.02. The van der Waals surface area contributed by atoms with E-state index in [4.69, 9.17) is 0 Å². The molecule has 3 rings (SSSR count). The molecule has 0 aliphatic rings. The summed E-state index contributed by atoms with van der Waals surface area (Å²) >= 11 is 0. The Morgan fingerprint density at radius 2 is 1.86 bits per heavy atom. The number of aryl methyl sites for hydroxylation is 1. The van der Waals surface area contributed by atoms with Gasteiger partial charge in [0.1, 0.15) is 12.7 Å². The minimum atomic E-state index is 0.0934. The maximum absolute atomic E-state index is 4.39. The molecule has 3 aromatic rings. The van der Waals surface area contributed by atoms with Crippen molar-refractivity contribution in [1.82, 2.24) is 24.7 Å². The van der Waals surface area contributed by atoms with Gasteiger partial charge < -0.3 is 5.32 Å². The van der Waals surface area contributed by atoms with E-state index in [9.17, 15) is 0 Å². The number of nitrogens with one attached hydrogen (secondary N) is 1. The molecule has 1 unspecified atom stereocenters. The summed E-state index contributed by atoms with van der Waals surface area (Å²) in [7, 11) is 0. The molecule has 0 aliphatic heterocycles. The summed E-state index contributed by atoms with van der Waals surface area (Å²) in [6, 6.07) is 8.11. The normalized spacial score (nSPS) is 12.1. The number of nitrogens with zero attached hydrogens (tertiary/aromatic N) is 5. The van der Waals surface area contributed by atoms with Crippen LogP contribution in [-0.4, -0.2) is 24.7 Å². The Balaban J connectivity index is 1.75. The molecule has 0 amide bonds. The molecule has 0 saturated carbocycles. The Morgan fingerprint density at radius 3 is 2.52 bits per heavy atom. The molecule has 0 bridgehead atoms. The third-order valence-corrected chi connectivity index (χ3v) is 3.26. The van der Waals surface area contributed by atoms with E-state index < -0.39 is 0 Å². The Morgan fingerprint density at radius 1 is 1.10 bits per heavy atom. The first-order valence-corrected chi connectivity index (χ1v) is 6.73. The van der Waals surface area contributed by atoms with Crippen molar-refractivity contribution in [2.45, 2.75) is 19.9 Å². The van der Waals surface area contributed by atoms with Crippen LogP contribution in [-0.2, 0) is 0 Å². The van der Waals surface area contributed by atoms with E-state index >= 15 is 0 Å². The van der Waals surface area contributed by atoms with Gasteiger partial charge >= 0.3 is 0 Å². The van der Waals surface area contributed by atoms with Crippen LogP contribution in [0.4, 0.5) is 5.69 Å². The molecule has 0 fully saturated rings. The van der Waals surface area contributed by atoms with Crippen molar-refractivity contribution in [3.63, 3.8) is 0 Å². The van der Waals surface area contributed by atoms with Gasteiger partial charge in [0, 0.05) is 18.1 Å². The van der Waals surface area contributed by atoms with E-state index in [1.54, 1.807) is 23.4 Å². The first-order chi connectivity index (χ1) is 10.2. The van der Waals surface area contributed by atoms with Gasteiger partial charge in [0.2, 0.25) is 0 Å². The van der Waals surface area contributed by atoms with Crippen LogP contribution in [0.15, 0.2) is 49.3 Å². The molecule has 106 valence electrons. The zero-order chi connectivity index (χ0) is 14.7. The molecule has 6 heteroatoms. The summed E-state index contributed by atoms with van der Waals surface area (Å²) in [5, 5.41) is 7.53. The highest BCUT2D eigenvalue weighted by atomic mass is 15.3. The van der Waals surface area contributed by atoms with E-state index in [-0.39, 0.29) is 6.04 Å². The van der Waals surface area contributed by atoms with Crippen molar-refractivity contribution < 1.29 is 0 Å². The first-order valence-electron chi connectivity index (χ1n) is 6.73. The second kappa shape index (κ2) is 5.70. The van der Waals surface area contributed by atoms with Gasteiger partial charge in [-0.05, 0) is 38.1 Å². The number of hydrogen-bond donors (Lipinski definition) is 1. The quantitative estimate of drug-likeness (QED) is 0.795. The van der Waals surface area contributed by atoms with Crippen molar-refractivity contribution in [3.05, 3.63) is 60.7 Å². The summed E-state index contributed by atoms with van der Waals surface area (Å²) in [4.78, 5) is 12.6. The maximum atomic E-state index is 4.39. The van der Waals surface area contributed by atoms with Gasteiger partial charge in [0.15, 0.2) is 0 Å². The third-order valence-electron chi connectivity index (χ3n) is 3.26. The van der Waals surface area contributed by atoms with Crippen molar-refractivity contribution in [2.24, 2.45) is 0 Å². The van der Waals surface area contributed by atoms with Crippen molar-refractivity contribution in [1.29, 1.82) is 0 Å².